The van der Waals surface area contributed by atoms with Crippen LogP contribution in [0.25, 0.3) is 0 Å². The van der Waals surface area contributed by atoms with Crippen molar-refractivity contribution in [2.45, 2.75) is 96.2 Å². The van der Waals surface area contributed by atoms with Crippen LogP contribution in [0.3, 0.4) is 0 Å². The molecule has 3 saturated heterocycles. The Hall–Kier alpha value is -1.32. The first-order valence-corrected chi connectivity index (χ1v) is 13.5. The minimum atomic E-state index is -0.578. The molecule has 3 aliphatic rings. The molecule has 3 atom stereocenters. The van der Waals surface area contributed by atoms with Crippen LogP contribution in [0.5, 0.6) is 0 Å². The summed E-state index contributed by atoms with van der Waals surface area (Å²) in [7, 11) is 0. The minimum Gasteiger partial charge on any atom is -0.376 e. The molecule has 0 radical (unpaired) electrons. The van der Waals surface area contributed by atoms with Gasteiger partial charge in [-0.2, -0.15) is 0 Å². The van der Waals surface area contributed by atoms with E-state index in [1.54, 1.807) is 0 Å². The second-order valence-corrected chi connectivity index (χ2v) is 11.0. The third-order valence-corrected chi connectivity index (χ3v) is 7.81. The molecule has 2 bridgehead atoms. The number of piperidine rings is 1. The van der Waals surface area contributed by atoms with Gasteiger partial charge in [-0.05, 0) is 97.5 Å². The minimum absolute atomic E-state index is 0.148. The molecule has 3 aliphatic heterocycles. The average Bonchev–Trinajstić information content (AvgIpc) is 3.09. The molecule has 0 aromatic carbocycles. The Balaban J connectivity index is 1.18. The first-order valence-electron chi connectivity index (χ1n) is 13.5. The van der Waals surface area contributed by atoms with Gasteiger partial charge in [-0.1, -0.05) is 0 Å². The zero-order chi connectivity index (χ0) is 24.1. The van der Waals surface area contributed by atoms with Crippen molar-refractivity contribution < 1.29 is 9.84 Å². The van der Waals surface area contributed by atoms with Crippen molar-refractivity contribution in [1.29, 1.82) is 0 Å². The molecule has 4 rings (SSSR count). The predicted octanol–water partition coefficient (Wildman–Crippen LogP) is 2.44. The van der Waals surface area contributed by atoms with Crippen molar-refractivity contribution >= 4 is 5.95 Å². The normalized spacial score (nSPS) is 25.6. The van der Waals surface area contributed by atoms with Gasteiger partial charge in [0, 0.05) is 43.6 Å². The number of nitrogens with one attached hydrogen (secondary N) is 1. The van der Waals surface area contributed by atoms with E-state index in [1.165, 1.54) is 31.2 Å². The largest absolute Gasteiger partial charge is 0.376 e. The van der Waals surface area contributed by atoms with Crippen LogP contribution < -0.4 is 10.2 Å². The van der Waals surface area contributed by atoms with E-state index in [0.717, 1.165) is 51.6 Å². The molecule has 2 N–H and O–H groups in total. The fourth-order valence-corrected chi connectivity index (χ4v) is 5.76. The highest BCUT2D eigenvalue weighted by Gasteiger charge is 2.41. The van der Waals surface area contributed by atoms with Crippen LogP contribution >= 0.6 is 0 Å². The molecular formula is C26H46N6O2. The number of ether oxygens (including phenoxy) is 1. The summed E-state index contributed by atoms with van der Waals surface area (Å²) in [5.74, 6) is 1.50. The quantitative estimate of drug-likeness (QED) is 0.374. The standard InChI is InChI=1S/C26H46N6O2/c1-19(2)31-16-23-6-7-24(17-31)32(23)26-28-14-22(15-29-26)21-8-12-30(13-9-21)11-5-10-27-25(33)18-34-20(3)4/h14-15,19-21,23-25,27,33H,5-13,16-18H2,1-4H3. The lowest BCUT2D eigenvalue weighted by molar-refractivity contribution is -0.00849. The molecule has 8 heteroatoms. The highest BCUT2D eigenvalue weighted by molar-refractivity contribution is 5.38. The van der Waals surface area contributed by atoms with Gasteiger partial charge >= 0.3 is 0 Å². The third-order valence-electron chi connectivity index (χ3n) is 7.81. The molecule has 1 aromatic rings. The fraction of sp³-hybridized carbons (Fsp3) is 0.846. The highest BCUT2D eigenvalue weighted by atomic mass is 16.5. The first kappa shape index (κ1) is 25.8. The molecule has 34 heavy (non-hydrogen) atoms. The maximum absolute atomic E-state index is 9.90. The van der Waals surface area contributed by atoms with E-state index in [1.807, 2.05) is 13.8 Å². The maximum atomic E-state index is 9.90. The Morgan fingerprint density at radius 2 is 1.68 bits per heavy atom. The van der Waals surface area contributed by atoms with Gasteiger partial charge in [0.15, 0.2) is 0 Å². The number of aromatic nitrogens is 2. The van der Waals surface area contributed by atoms with Crippen molar-refractivity contribution in [3.05, 3.63) is 18.0 Å². The van der Waals surface area contributed by atoms with Crippen LogP contribution in [-0.4, -0.2) is 101 Å². The third kappa shape index (κ3) is 6.66. The van der Waals surface area contributed by atoms with Crippen LogP contribution in [0.4, 0.5) is 5.95 Å². The van der Waals surface area contributed by atoms with Crippen molar-refractivity contribution in [1.82, 2.24) is 25.1 Å². The lowest BCUT2D eigenvalue weighted by Gasteiger charge is -2.42. The van der Waals surface area contributed by atoms with Gasteiger partial charge in [-0.25, -0.2) is 9.97 Å². The SMILES string of the molecule is CC(C)OCC(O)NCCCN1CCC(c2cnc(N3C4CCC3CN(C(C)C)C4)nc2)CC1. The molecule has 1 aromatic heterocycles. The van der Waals surface area contributed by atoms with Crippen molar-refractivity contribution in [3.8, 4) is 0 Å². The first-order chi connectivity index (χ1) is 16.4. The van der Waals surface area contributed by atoms with Gasteiger partial charge in [0.2, 0.25) is 5.95 Å². The number of hydrogen-bond donors (Lipinski definition) is 2. The number of fused-ring (bicyclic) bond motifs is 2. The number of piperazine rings is 1. The zero-order valence-electron chi connectivity index (χ0n) is 21.7. The topological polar surface area (TPSA) is 77.0 Å². The van der Waals surface area contributed by atoms with Gasteiger partial charge < -0.3 is 19.6 Å². The molecule has 192 valence electrons. The summed E-state index contributed by atoms with van der Waals surface area (Å²) in [5.41, 5.74) is 1.30. The van der Waals surface area contributed by atoms with Crippen molar-refractivity contribution in [2.75, 3.05) is 50.8 Å². The van der Waals surface area contributed by atoms with E-state index in [9.17, 15) is 5.11 Å². The number of hydrogen-bond acceptors (Lipinski definition) is 8. The summed E-state index contributed by atoms with van der Waals surface area (Å²) in [6.45, 7) is 15.3. The smallest absolute Gasteiger partial charge is 0.225 e. The van der Waals surface area contributed by atoms with E-state index < -0.39 is 6.23 Å². The average molecular weight is 475 g/mol. The number of rotatable bonds is 11. The Morgan fingerprint density at radius 1 is 1.03 bits per heavy atom. The Bertz CT molecular complexity index is 723. The van der Waals surface area contributed by atoms with Crippen molar-refractivity contribution in [2.24, 2.45) is 0 Å². The summed E-state index contributed by atoms with van der Waals surface area (Å²) < 4.78 is 5.43. The molecular weight excluding hydrogens is 428 g/mol. The molecule has 3 fully saturated rings. The van der Waals surface area contributed by atoms with Crippen LogP contribution in [0, 0.1) is 0 Å². The lowest BCUT2D eigenvalue weighted by atomic mass is 9.91. The molecule has 8 nitrogen and oxygen atoms in total. The second kappa shape index (κ2) is 12.1. The highest BCUT2D eigenvalue weighted by Crippen LogP contribution is 2.34. The zero-order valence-corrected chi connectivity index (χ0v) is 21.7. The van der Waals surface area contributed by atoms with Crippen LogP contribution in [-0.2, 0) is 4.74 Å². The summed E-state index contributed by atoms with van der Waals surface area (Å²) in [6, 6.07) is 1.74. The molecule has 0 aliphatic carbocycles. The van der Waals surface area contributed by atoms with E-state index in [-0.39, 0.29) is 6.10 Å². The summed E-state index contributed by atoms with van der Waals surface area (Å²) in [4.78, 5) is 17.4. The number of nitrogens with zero attached hydrogens (tertiary/aromatic N) is 5. The van der Waals surface area contributed by atoms with Crippen molar-refractivity contribution in [3.63, 3.8) is 0 Å². The fourth-order valence-electron chi connectivity index (χ4n) is 5.76. The Morgan fingerprint density at radius 3 is 2.26 bits per heavy atom. The second-order valence-electron chi connectivity index (χ2n) is 11.0. The Labute approximate surface area is 206 Å². The monoisotopic (exact) mass is 474 g/mol. The molecule has 4 heterocycles. The van der Waals surface area contributed by atoms with E-state index in [0.29, 0.717) is 30.7 Å². The molecule has 3 unspecified atom stereocenters. The van der Waals surface area contributed by atoms with Gasteiger partial charge in [-0.15, -0.1) is 0 Å². The van der Waals surface area contributed by atoms with Gasteiger partial charge in [0.1, 0.15) is 6.23 Å². The number of aliphatic hydroxyl groups excluding tert-OH is 1. The van der Waals surface area contributed by atoms with Gasteiger partial charge in [0.25, 0.3) is 0 Å². The van der Waals surface area contributed by atoms with Crippen LogP contribution in [0.2, 0.25) is 0 Å². The number of aliphatic hydroxyl groups is 1. The molecule has 0 spiro atoms. The van der Waals surface area contributed by atoms with E-state index in [4.69, 9.17) is 14.7 Å². The summed E-state index contributed by atoms with van der Waals surface area (Å²) in [6.07, 6.45) is 9.66. The predicted molar refractivity (Wildman–Crippen MR) is 136 cm³/mol. The van der Waals surface area contributed by atoms with Crippen LogP contribution in [0.1, 0.15) is 71.3 Å². The van der Waals surface area contributed by atoms with Crippen LogP contribution in [0.15, 0.2) is 12.4 Å². The summed E-state index contributed by atoms with van der Waals surface area (Å²) >= 11 is 0. The van der Waals surface area contributed by atoms with Gasteiger partial charge in [0.05, 0.1) is 12.7 Å². The molecule has 0 saturated carbocycles. The summed E-state index contributed by atoms with van der Waals surface area (Å²) in [5, 5.41) is 13.0. The Kier molecular flexibility index (Phi) is 9.15. The molecule has 0 amide bonds. The number of anilines is 1. The van der Waals surface area contributed by atoms with Gasteiger partial charge in [-0.3, -0.25) is 10.2 Å². The number of likely N-dealkylation sites (tertiary alicyclic amines) is 2. The maximum Gasteiger partial charge on any atom is 0.225 e. The van der Waals surface area contributed by atoms with E-state index in [2.05, 4.69) is 46.3 Å². The van der Waals surface area contributed by atoms with E-state index >= 15 is 0 Å². The lowest BCUT2D eigenvalue weighted by Crippen LogP contribution is -2.56.